The van der Waals surface area contributed by atoms with Crippen molar-refractivity contribution in [1.29, 1.82) is 0 Å². The van der Waals surface area contributed by atoms with Crippen molar-refractivity contribution in [3.05, 3.63) is 38.4 Å². The number of carbonyl (C=O) groups is 5. The second kappa shape index (κ2) is 16.7. The van der Waals surface area contributed by atoms with E-state index in [0.29, 0.717) is 6.07 Å². The Morgan fingerprint density at radius 2 is 1.36 bits per heavy atom. The Morgan fingerprint density at radius 1 is 0.810 bits per heavy atom. The lowest BCUT2D eigenvalue weighted by Crippen LogP contribution is -2.57. The van der Waals surface area contributed by atoms with Crippen molar-refractivity contribution < 1.29 is 57.5 Å². The largest absolute Gasteiger partial charge is 0.462 e. The molecule has 0 aromatic heterocycles. The van der Waals surface area contributed by atoms with E-state index in [0.717, 1.165) is 58.5 Å². The summed E-state index contributed by atoms with van der Waals surface area (Å²) in [5.41, 5.74) is -3.00. The van der Waals surface area contributed by atoms with E-state index in [4.69, 9.17) is 23.7 Å². The predicted octanol–water partition coefficient (Wildman–Crippen LogP) is 2.28. The smallest absolute Gasteiger partial charge is 0.303 e. The number of hydrogen-bond donors (Lipinski definition) is 1. The number of anilines is 1. The van der Waals surface area contributed by atoms with Gasteiger partial charge in [0.15, 0.2) is 23.7 Å². The fourth-order valence-electron chi connectivity index (χ4n) is 3.62. The number of hydrogen-bond acceptors (Lipinski definition) is 16. The van der Waals surface area contributed by atoms with Gasteiger partial charge >= 0.3 is 29.8 Å². The molecule has 0 heterocycles. The quantitative estimate of drug-likeness (QED) is 0.0921. The third-order valence-electron chi connectivity index (χ3n) is 5.03. The first-order valence-electron chi connectivity index (χ1n) is 12.2. The fraction of sp³-hybridized carbons (Fsp3) is 0.542. The van der Waals surface area contributed by atoms with Gasteiger partial charge in [-0.2, -0.15) is 0 Å². The average Bonchev–Trinajstić information content (AvgIpc) is 2.86. The minimum absolute atomic E-state index is 0.282. The number of nitro groups is 2. The number of ether oxygens (including phenoxy) is 5. The molecule has 0 saturated carbocycles. The van der Waals surface area contributed by atoms with Gasteiger partial charge in [0.2, 0.25) is 0 Å². The van der Waals surface area contributed by atoms with Crippen molar-refractivity contribution in [2.75, 3.05) is 17.7 Å². The van der Waals surface area contributed by atoms with Crippen LogP contribution in [-0.2, 0) is 47.7 Å². The molecule has 0 fully saturated rings. The molecule has 0 aliphatic carbocycles. The lowest BCUT2D eigenvalue weighted by molar-refractivity contribution is -0.393. The molecule has 0 aliphatic rings. The normalized spacial score (nSPS) is 14.1. The van der Waals surface area contributed by atoms with E-state index in [2.05, 4.69) is 5.32 Å². The Balaban J connectivity index is 3.97. The average molecular weight is 618 g/mol. The number of esters is 5. The van der Waals surface area contributed by atoms with E-state index in [9.17, 15) is 44.2 Å². The Morgan fingerprint density at radius 3 is 1.81 bits per heavy atom. The highest BCUT2D eigenvalue weighted by Gasteiger charge is 2.47. The number of carbonyl (C=O) groups excluding carboxylic acids is 5. The van der Waals surface area contributed by atoms with Crippen molar-refractivity contribution in [2.45, 2.75) is 71.3 Å². The fourth-order valence-corrected chi connectivity index (χ4v) is 4.58. The van der Waals surface area contributed by atoms with Crippen LogP contribution >= 0.6 is 11.8 Å². The van der Waals surface area contributed by atoms with Gasteiger partial charge in [-0.25, -0.2) is 0 Å². The van der Waals surface area contributed by atoms with Crippen molar-refractivity contribution in [3.63, 3.8) is 0 Å². The Bertz CT molecular complexity index is 1190. The number of nitro benzene ring substituents is 2. The Labute approximate surface area is 243 Å². The molecule has 0 amide bonds. The highest BCUT2D eigenvalue weighted by atomic mass is 32.2. The van der Waals surface area contributed by atoms with Gasteiger partial charge in [0, 0.05) is 40.7 Å². The number of thioether (sulfide) groups is 1. The molecule has 232 valence electrons. The summed E-state index contributed by atoms with van der Waals surface area (Å²) in [6.45, 7) is 6.13. The van der Waals surface area contributed by atoms with Gasteiger partial charge in [0.1, 0.15) is 18.3 Å². The summed E-state index contributed by atoms with van der Waals surface area (Å²) in [5.74, 6) is -4.14. The Kier molecular flexibility index (Phi) is 14.1. The first kappa shape index (κ1) is 35.5. The van der Waals surface area contributed by atoms with E-state index in [1.165, 1.54) is 0 Å². The Hall–Kier alpha value is -4.48. The van der Waals surface area contributed by atoms with Gasteiger partial charge < -0.3 is 29.0 Å². The molecular weight excluding hydrogens is 586 g/mol. The van der Waals surface area contributed by atoms with Crippen molar-refractivity contribution in [2.24, 2.45) is 0 Å². The van der Waals surface area contributed by atoms with Crippen LogP contribution in [0.4, 0.5) is 17.1 Å². The van der Waals surface area contributed by atoms with E-state index in [1.807, 2.05) is 0 Å². The van der Waals surface area contributed by atoms with E-state index in [1.54, 1.807) is 6.92 Å². The van der Waals surface area contributed by atoms with Crippen LogP contribution < -0.4 is 5.32 Å². The molecule has 1 aromatic carbocycles. The van der Waals surface area contributed by atoms with Crippen LogP contribution in [-0.4, -0.2) is 81.8 Å². The maximum atomic E-state index is 12.3. The second-order valence-corrected chi connectivity index (χ2v) is 9.79. The maximum Gasteiger partial charge on any atom is 0.303 e. The van der Waals surface area contributed by atoms with E-state index < -0.39 is 87.5 Å². The summed E-state index contributed by atoms with van der Waals surface area (Å²) in [5, 5.41) is 25.8. The molecule has 0 saturated heterocycles. The molecular formula is C24H31N3O14S. The molecule has 18 heteroatoms. The number of non-ortho nitro benzene ring substituents is 1. The topological polar surface area (TPSA) is 230 Å². The first-order chi connectivity index (χ1) is 19.6. The standard InChI is InChI=1S/C24H31N3O14S/c1-7-42-24(41-16(6)32)21(25-18-9-8-17(26(33)34)10-19(18)27(35)36)23(40-15(5)31)22(39-14(4)30)20(38-13(3)29)11-37-12(2)28/h8-10,20-25H,7,11H2,1-6H3/t20-,21+,22-,23+,24-/m1/s1. The third kappa shape index (κ3) is 11.6. The zero-order valence-electron chi connectivity index (χ0n) is 23.6. The number of nitrogens with zero attached hydrogens (tertiary/aromatic N) is 2. The van der Waals surface area contributed by atoms with Crippen LogP contribution in [0.15, 0.2) is 18.2 Å². The molecule has 0 aliphatic heterocycles. The molecule has 0 radical (unpaired) electrons. The number of benzene rings is 1. The lowest BCUT2D eigenvalue weighted by atomic mass is 9.99. The molecule has 42 heavy (non-hydrogen) atoms. The van der Waals surface area contributed by atoms with Gasteiger partial charge in [-0.1, -0.05) is 6.92 Å². The highest BCUT2D eigenvalue weighted by Crippen LogP contribution is 2.34. The van der Waals surface area contributed by atoms with Gasteiger partial charge in [-0.05, 0) is 11.8 Å². The summed E-state index contributed by atoms with van der Waals surface area (Å²) < 4.78 is 26.5. The summed E-state index contributed by atoms with van der Waals surface area (Å²) >= 11 is 0.981. The highest BCUT2D eigenvalue weighted by molar-refractivity contribution is 7.99. The zero-order chi connectivity index (χ0) is 32.1. The number of rotatable bonds is 16. The van der Waals surface area contributed by atoms with Crippen LogP contribution in [0, 0.1) is 20.2 Å². The SMILES string of the molecule is CCS[C@@H](OC(C)=O)[C@@H](Nc1ccc([N+](=O)[O-])cc1[N+](=O)[O-])[C@H](OC(C)=O)[C@H](OC(C)=O)[C@@H](COC(C)=O)OC(C)=O. The zero-order valence-corrected chi connectivity index (χ0v) is 24.4. The summed E-state index contributed by atoms with van der Waals surface area (Å²) in [6, 6.07) is 1.16. The summed E-state index contributed by atoms with van der Waals surface area (Å²) in [6.07, 6.45) is -5.05. The van der Waals surface area contributed by atoms with Gasteiger partial charge in [-0.3, -0.25) is 44.2 Å². The minimum atomic E-state index is -1.74. The molecule has 17 nitrogen and oxygen atoms in total. The lowest BCUT2D eigenvalue weighted by Gasteiger charge is -2.38. The molecule has 1 aromatic rings. The van der Waals surface area contributed by atoms with Crippen molar-refractivity contribution in [3.8, 4) is 0 Å². The van der Waals surface area contributed by atoms with E-state index >= 15 is 0 Å². The molecule has 0 unspecified atom stereocenters. The molecule has 1 rings (SSSR count). The molecule has 5 atom stereocenters. The molecule has 0 bridgehead atoms. The third-order valence-corrected chi connectivity index (χ3v) is 6.09. The maximum absolute atomic E-state index is 12.3. The molecule has 1 N–H and O–H groups in total. The van der Waals surface area contributed by atoms with Gasteiger partial charge in [0.25, 0.3) is 11.4 Å². The summed E-state index contributed by atoms with van der Waals surface area (Å²) in [7, 11) is 0. The van der Waals surface area contributed by atoms with Crippen molar-refractivity contribution in [1.82, 2.24) is 0 Å². The van der Waals surface area contributed by atoms with Crippen LogP contribution in [0.1, 0.15) is 41.5 Å². The monoisotopic (exact) mass is 617 g/mol. The predicted molar refractivity (Wildman–Crippen MR) is 144 cm³/mol. The molecule has 0 spiro atoms. The van der Waals surface area contributed by atoms with Crippen LogP contribution in [0.3, 0.4) is 0 Å². The number of nitrogens with one attached hydrogen (secondary N) is 1. The van der Waals surface area contributed by atoms with Crippen molar-refractivity contribution >= 4 is 58.7 Å². The second-order valence-electron chi connectivity index (χ2n) is 8.42. The van der Waals surface area contributed by atoms with Crippen LogP contribution in [0.2, 0.25) is 0 Å². The van der Waals surface area contributed by atoms with Crippen LogP contribution in [0.5, 0.6) is 0 Å². The van der Waals surface area contributed by atoms with Gasteiger partial charge in [-0.15, -0.1) is 11.8 Å². The first-order valence-corrected chi connectivity index (χ1v) is 13.2. The summed E-state index contributed by atoms with van der Waals surface area (Å²) in [4.78, 5) is 81.4. The van der Waals surface area contributed by atoms with Crippen LogP contribution in [0.25, 0.3) is 0 Å². The van der Waals surface area contributed by atoms with Gasteiger partial charge in [0.05, 0.1) is 15.9 Å². The minimum Gasteiger partial charge on any atom is -0.462 e. The van der Waals surface area contributed by atoms with E-state index in [-0.39, 0.29) is 11.4 Å².